The summed E-state index contributed by atoms with van der Waals surface area (Å²) >= 11 is 5.94. The molecule has 3 aromatic rings. The average Bonchev–Trinajstić information content (AvgIpc) is 2.75. The second kappa shape index (κ2) is 10.6. The summed E-state index contributed by atoms with van der Waals surface area (Å²) in [6.45, 7) is 7.10. The van der Waals surface area contributed by atoms with Gasteiger partial charge in [-0.2, -0.15) is 0 Å². The Morgan fingerprint density at radius 1 is 0.935 bits per heavy atom. The molecule has 0 aliphatic rings. The van der Waals surface area contributed by atoms with Crippen LogP contribution in [0.2, 0.25) is 5.02 Å². The van der Waals surface area contributed by atoms with Crippen molar-refractivity contribution in [3.8, 4) is 0 Å². The van der Waals surface area contributed by atoms with Gasteiger partial charge in [0.1, 0.15) is 5.82 Å². The molecule has 1 unspecified atom stereocenters. The summed E-state index contributed by atoms with van der Waals surface area (Å²) in [4.78, 5) is 12.5. The second-order valence-corrected chi connectivity index (χ2v) is 8.57. The molecule has 0 heterocycles. The zero-order chi connectivity index (χ0) is 22.4. The molecular weight excluding hydrogens is 411 g/mol. The number of halogens is 2. The third kappa shape index (κ3) is 6.39. The molecule has 0 saturated heterocycles. The Morgan fingerprint density at radius 2 is 1.55 bits per heavy atom. The normalized spacial score (nSPS) is 12.1. The van der Waals surface area contributed by atoms with Crippen LogP contribution < -0.4 is 10.6 Å². The minimum Gasteiger partial charge on any atom is -0.348 e. The summed E-state index contributed by atoms with van der Waals surface area (Å²) in [5.74, 6) is -0.505. The van der Waals surface area contributed by atoms with Crippen molar-refractivity contribution in [1.82, 2.24) is 10.6 Å². The van der Waals surface area contributed by atoms with Gasteiger partial charge in [-0.3, -0.25) is 4.79 Å². The van der Waals surface area contributed by atoms with Gasteiger partial charge in [-0.25, -0.2) is 4.39 Å². The zero-order valence-corrected chi connectivity index (χ0v) is 18.8. The summed E-state index contributed by atoms with van der Waals surface area (Å²) in [5.41, 5.74) is 4.11. The van der Waals surface area contributed by atoms with Crippen LogP contribution in [0.15, 0.2) is 66.7 Å². The highest BCUT2D eigenvalue weighted by atomic mass is 35.5. The van der Waals surface area contributed by atoms with Gasteiger partial charge < -0.3 is 10.6 Å². The van der Waals surface area contributed by atoms with Gasteiger partial charge in [0.2, 0.25) is 0 Å². The lowest BCUT2D eigenvalue weighted by Crippen LogP contribution is -2.27. The smallest absolute Gasteiger partial charge is 0.251 e. The maximum atomic E-state index is 15.0. The molecule has 0 aromatic heterocycles. The molecule has 0 spiro atoms. The Morgan fingerprint density at radius 3 is 2.16 bits per heavy atom. The van der Waals surface area contributed by atoms with Gasteiger partial charge in [0.25, 0.3) is 5.91 Å². The van der Waals surface area contributed by atoms with E-state index >= 15 is 0 Å². The van der Waals surface area contributed by atoms with E-state index in [4.69, 9.17) is 11.6 Å². The molecule has 0 radical (unpaired) electrons. The third-order valence-electron chi connectivity index (χ3n) is 5.28. The molecule has 0 saturated carbocycles. The highest BCUT2D eigenvalue weighted by Gasteiger charge is 2.20. The lowest BCUT2D eigenvalue weighted by atomic mass is 9.94. The minimum absolute atomic E-state index is 0.169. The van der Waals surface area contributed by atoms with Crippen LogP contribution in [-0.2, 0) is 13.1 Å². The van der Waals surface area contributed by atoms with Crippen LogP contribution in [0.25, 0.3) is 0 Å². The lowest BCUT2D eigenvalue weighted by molar-refractivity contribution is 0.0950. The molecule has 31 heavy (non-hydrogen) atoms. The van der Waals surface area contributed by atoms with E-state index in [1.165, 1.54) is 6.07 Å². The Bertz CT molecular complexity index is 1020. The number of carbonyl (C=O) groups excluding carboxylic acids is 1. The molecule has 3 rings (SSSR count). The van der Waals surface area contributed by atoms with Crippen LogP contribution in [0, 0.1) is 18.7 Å². The van der Waals surface area contributed by atoms with Gasteiger partial charge in [-0.1, -0.05) is 73.5 Å². The van der Waals surface area contributed by atoms with E-state index in [1.54, 1.807) is 12.1 Å². The molecule has 0 aliphatic heterocycles. The van der Waals surface area contributed by atoms with Crippen LogP contribution in [0.3, 0.4) is 0 Å². The van der Waals surface area contributed by atoms with Crippen molar-refractivity contribution in [3.05, 3.63) is 105 Å². The van der Waals surface area contributed by atoms with Crippen molar-refractivity contribution in [3.63, 3.8) is 0 Å². The van der Waals surface area contributed by atoms with Crippen LogP contribution in [-0.4, -0.2) is 5.91 Å². The van der Waals surface area contributed by atoms with Crippen molar-refractivity contribution in [2.45, 2.75) is 39.9 Å². The predicted molar refractivity (Wildman–Crippen MR) is 125 cm³/mol. The van der Waals surface area contributed by atoms with Crippen LogP contribution in [0.5, 0.6) is 0 Å². The van der Waals surface area contributed by atoms with E-state index in [1.807, 2.05) is 69.3 Å². The fraction of sp³-hybridized carbons (Fsp3) is 0.269. The van der Waals surface area contributed by atoms with Crippen LogP contribution in [0.1, 0.15) is 52.5 Å². The Labute approximate surface area is 188 Å². The molecule has 1 amide bonds. The standard InChI is InChI=1S/C26H28ClFN2O/c1-17(2)25(29-15-20-8-11-22(27)12-9-20)23-13-10-21(14-24(23)28)26(31)30-16-19-6-4-18(3)5-7-19/h4-14,17,25,29H,15-16H2,1-3H3,(H,30,31). The molecule has 0 bridgehead atoms. The molecule has 2 N–H and O–H groups in total. The number of benzene rings is 3. The van der Waals surface area contributed by atoms with Crippen molar-refractivity contribution < 1.29 is 9.18 Å². The monoisotopic (exact) mass is 438 g/mol. The summed E-state index contributed by atoms with van der Waals surface area (Å²) < 4.78 is 15.0. The van der Waals surface area contributed by atoms with E-state index in [0.717, 1.165) is 16.7 Å². The first-order valence-electron chi connectivity index (χ1n) is 10.4. The number of rotatable bonds is 8. The Kier molecular flexibility index (Phi) is 7.83. The summed E-state index contributed by atoms with van der Waals surface area (Å²) in [6.07, 6.45) is 0. The summed E-state index contributed by atoms with van der Waals surface area (Å²) in [6, 6.07) is 20.0. The van der Waals surface area contributed by atoms with Crippen molar-refractivity contribution in [1.29, 1.82) is 0 Å². The third-order valence-corrected chi connectivity index (χ3v) is 5.53. The molecule has 5 heteroatoms. The molecule has 0 fully saturated rings. The average molecular weight is 439 g/mol. The molecule has 1 atom stereocenters. The Balaban J connectivity index is 1.67. The van der Waals surface area contributed by atoms with E-state index in [2.05, 4.69) is 10.6 Å². The maximum absolute atomic E-state index is 15.0. The first kappa shape index (κ1) is 23.0. The topological polar surface area (TPSA) is 41.1 Å². The zero-order valence-electron chi connectivity index (χ0n) is 18.1. The van der Waals surface area contributed by atoms with Gasteiger partial charge >= 0.3 is 0 Å². The quantitative estimate of drug-likeness (QED) is 0.439. The SMILES string of the molecule is Cc1ccc(CNC(=O)c2ccc(C(NCc3ccc(Cl)cc3)C(C)C)c(F)c2)cc1. The fourth-order valence-electron chi connectivity index (χ4n) is 3.45. The largest absolute Gasteiger partial charge is 0.348 e. The number of aryl methyl sites for hydroxylation is 1. The van der Waals surface area contributed by atoms with Gasteiger partial charge in [0, 0.05) is 35.3 Å². The first-order chi connectivity index (χ1) is 14.8. The van der Waals surface area contributed by atoms with Crippen molar-refractivity contribution in [2.24, 2.45) is 5.92 Å². The van der Waals surface area contributed by atoms with Gasteiger partial charge in [0.15, 0.2) is 0 Å². The van der Waals surface area contributed by atoms with Gasteiger partial charge in [-0.15, -0.1) is 0 Å². The number of hydrogen-bond donors (Lipinski definition) is 2. The number of hydrogen-bond acceptors (Lipinski definition) is 2. The number of amides is 1. The minimum atomic E-state index is -0.384. The maximum Gasteiger partial charge on any atom is 0.251 e. The van der Waals surface area contributed by atoms with E-state index in [9.17, 15) is 9.18 Å². The van der Waals surface area contributed by atoms with Crippen LogP contribution in [0.4, 0.5) is 4.39 Å². The number of nitrogens with one attached hydrogen (secondary N) is 2. The van der Waals surface area contributed by atoms with Crippen molar-refractivity contribution >= 4 is 17.5 Å². The molecule has 3 aromatic carbocycles. The van der Waals surface area contributed by atoms with Gasteiger partial charge in [-0.05, 0) is 48.2 Å². The van der Waals surface area contributed by atoms with Crippen LogP contribution >= 0.6 is 11.6 Å². The predicted octanol–water partition coefficient (Wildman–Crippen LogP) is 6.20. The molecule has 0 aliphatic carbocycles. The molecule has 3 nitrogen and oxygen atoms in total. The highest BCUT2D eigenvalue weighted by Crippen LogP contribution is 2.26. The van der Waals surface area contributed by atoms with Crippen molar-refractivity contribution in [2.75, 3.05) is 0 Å². The summed E-state index contributed by atoms with van der Waals surface area (Å²) in [5, 5.41) is 6.97. The molecule has 162 valence electrons. The fourth-order valence-corrected chi connectivity index (χ4v) is 3.57. The van der Waals surface area contributed by atoms with E-state index in [-0.39, 0.29) is 23.7 Å². The lowest BCUT2D eigenvalue weighted by Gasteiger charge is -2.24. The van der Waals surface area contributed by atoms with E-state index < -0.39 is 0 Å². The summed E-state index contributed by atoms with van der Waals surface area (Å²) in [7, 11) is 0. The first-order valence-corrected chi connectivity index (χ1v) is 10.8. The number of carbonyl (C=O) groups is 1. The van der Waals surface area contributed by atoms with Gasteiger partial charge in [0.05, 0.1) is 0 Å². The van der Waals surface area contributed by atoms with E-state index in [0.29, 0.717) is 29.2 Å². The Hall–Kier alpha value is -2.69. The second-order valence-electron chi connectivity index (χ2n) is 8.13. The molecular formula is C26H28ClFN2O. The highest BCUT2D eigenvalue weighted by molar-refractivity contribution is 6.30.